The quantitative estimate of drug-likeness (QED) is 0.580. The summed E-state index contributed by atoms with van der Waals surface area (Å²) in [4.78, 5) is 14.1. The van der Waals surface area contributed by atoms with Gasteiger partial charge in [-0.25, -0.2) is 4.79 Å². The van der Waals surface area contributed by atoms with Gasteiger partial charge in [0.25, 0.3) is 0 Å². The van der Waals surface area contributed by atoms with Crippen molar-refractivity contribution in [3.05, 3.63) is 22.1 Å². The molecule has 2 heterocycles. The Bertz CT molecular complexity index is 487. The fourth-order valence-corrected chi connectivity index (χ4v) is 2.01. The average molecular weight is 257 g/mol. The Morgan fingerprint density at radius 1 is 1.67 bits per heavy atom. The number of aromatic nitrogens is 2. The van der Waals surface area contributed by atoms with Gasteiger partial charge in [-0.1, -0.05) is 0 Å². The van der Waals surface area contributed by atoms with E-state index in [-0.39, 0.29) is 18.2 Å². The van der Waals surface area contributed by atoms with E-state index in [2.05, 4.69) is 4.98 Å². The number of ether oxygens (including phenoxy) is 2. The van der Waals surface area contributed by atoms with Crippen molar-refractivity contribution in [3.8, 4) is 6.01 Å². The van der Waals surface area contributed by atoms with E-state index in [4.69, 9.17) is 14.6 Å². The van der Waals surface area contributed by atoms with Gasteiger partial charge < -0.3 is 19.7 Å². The molecule has 2 rings (SSSR count). The molecule has 0 saturated carbocycles. The van der Waals surface area contributed by atoms with Gasteiger partial charge >= 0.3 is 11.6 Å². The number of H-pyrrole nitrogens is 1. The summed E-state index contributed by atoms with van der Waals surface area (Å²) in [5.41, 5.74) is 0.279. The number of hydrogen-bond acceptors (Lipinski definition) is 5. The molecule has 0 unspecified atom stereocenters. The maximum atomic E-state index is 11.5. The zero-order valence-corrected chi connectivity index (χ0v) is 10.3. The number of nitrogens with one attached hydrogen (secondary N) is 1. The first-order valence-electron chi connectivity index (χ1n) is 5.70. The lowest BCUT2D eigenvalue weighted by Crippen LogP contribution is -2.44. The summed E-state index contributed by atoms with van der Waals surface area (Å²) in [7, 11) is 1.44. The first-order valence-corrected chi connectivity index (χ1v) is 5.70. The molecule has 1 fully saturated rings. The molecule has 7 nitrogen and oxygen atoms in total. The Labute approximate surface area is 104 Å². The van der Waals surface area contributed by atoms with Crippen LogP contribution in [0.1, 0.15) is 18.2 Å². The first-order chi connectivity index (χ1) is 8.56. The van der Waals surface area contributed by atoms with Crippen LogP contribution in [0.25, 0.3) is 0 Å². The van der Waals surface area contributed by atoms with Crippen LogP contribution in [0.15, 0.2) is 11.0 Å². The van der Waals surface area contributed by atoms with Crippen LogP contribution in [0.4, 0.5) is 0 Å². The van der Waals surface area contributed by atoms with Crippen LogP contribution in [-0.2, 0) is 4.74 Å². The molecule has 1 saturated heterocycles. The molecule has 1 aromatic heterocycles. The van der Waals surface area contributed by atoms with Gasteiger partial charge in [0.1, 0.15) is 12.3 Å². The van der Waals surface area contributed by atoms with Crippen molar-refractivity contribution < 1.29 is 24.3 Å². The highest BCUT2D eigenvalue weighted by molar-refractivity contribution is 5.00. The van der Waals surface area contributed by atoms with Gasteiger partial charge in [-0.15, -0.1) is 0 Å². The van der Waals surface area contributed by atoms with E-state index in [9.17, 15) is 9.90 Å². The van der Waals surface area contributed by atoms with Gasteiger partial charge in [0, 0.05) is 6.42 Å². The monoisotopic (exact) mass is 257 g/mol. The molecule has 1 aromatic rings. The number of aryl methyl sites for hydroxylation is 1. The number of hydrogen-bond donors (Lipinski definition) is 3. The molecule has 7 heteroatoms. The maximum absolute atomic E-state index is 11.5. The maximum Gasteiger partial charge on any atom is 0.458 e. The lowest BCUT2D eigenvalue weighted by atomic mass is 10.2. The molecule has 18 heavy (non-hydrogen) atoms. The van der Waals surface area contributed by atoms with Gasteiger partial charge in [-0.2, -0.15) is 9.55 Å². The SMILES string of the molecule is COc1[nH]c(=O)c(C)c[n+]1[C@@H]1C[C@@H](O)[C@@H](CO)O1. The third kappa shape index (κ3) is 2.24. The van der Waals surface area contributed by atoms with Crippen LogP contribution < -0.4 is 14.9 Å². The van der Waals surface area contributed by atoms with E-state index in [0.717, 1.165) is 0 Å². The number of aliphatic hydroxyl groups excluding tert-OH is 2. The Morgan fingerprint density at radius 3 is 2.94 bits per heavy atom. The highest BCUT2D eigenvalue weighted by Gasteiger charge is 2.38. The molecule has 0 radical (unpaired) electrons. The first kappa shape index (κ1) is 13.0. The summed E-state index contributed by atoms with van der Waals surface area (Å²) in [6, 6.07) is 0.251. The third-order valence-corrected chi connectivity index (χ3v) is 3.03. The molecule has 0 spiro atoms. The van der Waals surface area contributed by atoms with E-state index >= 15 is 0 Å². The van der Waals surface area contributed by atoms with Crippen molar-refractivity contribution in [3.63, 3.8) is 0 Å². The van der Waals surface area contributed by atoms with Gasteiger partial charge in [-0.05, 0) is 6.92 Å². The van der Waals surface area contributed by atoms with E-state index in [1.165, 1.54) is 7.11 Å². The molecule has 0 aliphatic carbocycles. The molecule has 0 bridgehead atoms. The van der Waals surface area contributed by atoms with E-state index in [1.807, 2.05) is 0 Å². The van der Waals surface area contributed by atoms with Gasteiger partial charge in [-0.3, -0.25) is 0 Å². The zero-order chi connectivity index (χ0) is 13.3. The predicted molar refractivity (Wildman–Crippen MR) is 60.2 cm³/mol. The fraction of sp³-hybridized carbons (Fsp3) is 0.636. The van der Waals surface area contributed by atoms with Crippen molar-refractivity contribution in [1.29, 1.82) is 0 Å². The van der Waals surface area contributed by atoms with Crippen LogP contribution in [0, 0.1) is 6.92 Å². The Morgan fingerprint density at radius 2 is 2.39 bits per heavy atom. The fourth-order valence-electron chi connectivity index (χ4n) is 2.01. The number of aromatic amines is 1. The van der Waals surface area contributed by atoms with Gasteiger partial charge in [0.15, 0.2) is 0 Å². The van der Waals surface area contributed by atoms with E-state index in [0.29, 0.717) is 12.0 Å². The second-order valence-corrected chi connectivity index (χ2v) is 4.30. The smallest absolute Gasteiger partial charge is 0.434 e. The largest absolute Gasteiger partial charge is 0.458 e. The molecule has 3 atom stereocenters. The summed E-state index contributed by atoms with van der Waals surface area (Å²) in [6.45, 7) is 1.42. The van der Waals surface area contributed by atoms with Crippen LogP contribution in [-0.4, -0.2) is 41.1 Å². The van der Waals surface area contributed by atoms with Crippen molar-refractivity contribution in [2.75, 3.05) is 13.7 Å². The van der Waals surface area contributed by atoms with Gasteiger partial charge in [0.05, 0.1) is 25.4 Å². The van der Waals surface area contributed by atoms with E-state index in [1.54, 1.807) is 17.7 Å². The average Bonchev–Trinajstić information content (AvgIpc) is 2.73. The summed E-state index contributed by atoms with van der Waals surface area (Å²) in [6.07, 6.45) is 0.124. The van der Waals surface area contributed by atoms with Crippen molar-refractivity contribution in [2.24, 2.45) is 0 Å². The van der Waals surface area contributed by atoms with Crippen LogP contribution in [0.2, 0.25) is 0 Å². The van der Waals surface area contributed by atoms with Crippen LogP contribution >= 0.6 is 0 Å². The number of methoxy groups -OCH3 is 1. The molecule has 3 N–H and O–H groups in total. The Kier molecular flexibility index (Phi) is 3.65. The molecule has 0 aromatic carbocycles. The zero-order valence-electron chi connectivity index (χ0n) is 10.3. The van der Waals surface area contributed by atoms with Crippen LogP contribution in [0.3, 0.4) is 0 Å². The standard InChI is InChI=1S/C11H16N2O5/c1-6-4-13(11(17-2)12-10(6)16)9-3-7(15)8(5-14)18-9/h4,7-9,14-15H,3,5H2,1-2H3/p+1/t7-,8-,9+/m1/s1. The van der Waals surface area contributed by atoms with Gasteiger partial charge in [0.2, 0.25) is 6.23 Å². The lowest BCUT2D eigenvalue weighted by molar-refractivity contribution is -0.765. The summed E-state index contributed by atoms with van der Waals surface area (Å²) < 4.78 is 12.2. The van der Waals surface area contributed by atoms with Crippen molar-refractivity contribution in [2.45, 2.75) is 31.8 Å². The van der Waals surface area contributed by atoms with Crippen molar-refractivity contribution >= 4 is 0 Å². The minimum absolute atomic E-state index is 0.236. The predicted octanol–water partition coefficient (Wildman–Crippen LogP) is -1.38. The minimum Gasteiger partial charge on any atom is -0.434 e. The summed E-state index contributed by atoms with van der Waals surface area (Å²) in [5.74, 6) is 0. The number of nitrogens with zero attached hydrogens (tertiary/aromatic N) is 1. The molecule has 100 valence electrons. The lowest BCUT2D eigenvalue weighted by Gasteiger charge is -2.12. The molecule has 0 amide bonds. The molecular weight excluding hydrogens is 240 g/mol. The molecular formula is C11H17N2O5+. The van der Waals surface area contributed by atoms with Crippen LogP contribution in [0.5, 0.6) is 6.01 Å². The second-order valence-electron chi connectivity index (χ2n) is 4.30. The normalized spacial score (nSPS) is 27.4. The van der Waals surface area contributed by atoms with Crippen molar-refractivity contribution in [1.82, 2.24) is 4.98 Å². The number of aliphatic hydroxyl groups is 2. The highest BCUT2D eigenvalue weighted by Crippen LogP contribution is 2.25. The minimum atomic E-state index is -0.732. The second kappa shape index (κ2) is 5.05. The summed E-state index contributed by atoms with van der Waals surface area (Å²) >= 11 is 0. The number of rotatable bonds is 3. The van der Waals surface area contributed by atoms with E-state index < -0.39 is 18.4 Å². The Balaban J connectivity index is 2.34. The third-order valence-electron chi connectivity index (χ3n) is 3.03. The topological polar surface area (TPSA) is 95.7 Å². The molecule has 1 aliphatic heterocycles. The summed E-state index contributed by atoms with van der Waals surface area (Å²) in [5, 5.41) is 18.7. The highest BCUT2D eigenvalue weighted by atomic mass is 16.5. The Hall–Kier alpha value is -1.44. The molecule has 1 aliphatic rings.